The first-order chi connectivity index (χ1) is 10.2. The fourth-order valence-corrected chi connectivity index (χ4v) is 4.66. The topological polar surface area (TPSA) is 9.23 Å². The van der Waals surface area contributed by atoms with Crippen molar-refractivity contribution in [3.8, 4) is 5.75 Å². The molecule has 1 heterocycles. The van der Waals surface area contributed by atoms with E-state index in [0.717, 1.165) is 10.2 Å². The predicted molar refractivity (Wildman–Crippen MR) is 97.9 cm³/mol. The summed E-state index contributed by atoms with van der Waals surface area (Å²) in [4.78, 5) is 0.181. The van der Waals surface area contributed by atoms with Gasteiger partial charge in [0, 0.05) is 4.70 Å². The van der Waals surface area contributed by atoms with E-state index in [2.05, 4.69) is 73.6 Å². The predicted octanol–water partition coefficient (Wildman–Crippen LogP) is 6.55. The average molecular weight is 426 g/mol. The lowest BCUT2D eigenvalue weighted by Gasteiger charge is -2.12. The monoisotopic (exact) mass is 424 g/mol. The van der Waals surface area contributed by atoms with Crippen molar-refractivity contribution in [1.29, 1.82) is 0 Å². The normalized spacial score (nSPS) is 12.5. The molecule has 2 aromatic carbocycles. The number of benzene rings is 2. The minimum atomic E-state index is 0.181. The molecule has 3 rings (SSSR count). The van der Waals surface area contributed by atoms with Crippen molar-refractivity contribution >= 4 is 53.3 Å². The molecule has 3 aromatic rings. The molecule has 0 N–H and O–H groups in total. The molecule has 0 amide bonds. The van der Waals surface area contributed by atoms with Crippen LogP contribution in [0.5, 0.6) is 5.75 Å². The van der Waals surface area contributed by atoms with Gasteiger partial charge in [-0.15, -0.1) is 11.3 Å². The SMILES string of the molecule is CCOc1ccc(C(Br)c2csc3ccccc23)cc1Br. The summed E-state index contributed by atoms with van der Waals surface area (Å²) in [5, 5.41) is 3.54. The van der Waals surface area contributed by atoms with E-state index in [0.29, 0.717) is 6.61 Å². The van der Waals surface area contributed by atoms with E-state index < -0.39 is 0 Å². The molecule has 0 saturated carbocycles. The number of fused-ring (bicyclic) bond motifs is 1. The molecular weight excluding hydrogens is 412 g/mol. The van der Waals surface area contributed by atoms with Gasteiger partial charge in [-0.2, -0.15) is 0 Å². The molecule has 0 bridgehead atoms. The molecule has 0 spiro atoms. The van der Waals surface area contributed by atoms with Gasteiger partial charge in [0.1, 0.15) is 5.75 Å². The summed E-state index contributed by atoms with van der Waals surface area (Å²) in [6.45, 7) is 2.66. The van der Waals surface area contributed by atoms with E-state index in [9.17, 15) is 0 Å². The van der Waals surface area contributed by atoms with Crippen molar-refractivity contribution in [2.24, 2.45) is 0 Å². The van der Waals surface area contributed by atoms with Gasteiger partial charge in [-0.05, 0) is 62.9 Å². The van der Waals surface area contributed by atoms with E-state index in [1.54, 1.807) is 11.3 Å². The van der Waals surface area contributed by atoms with Crippen molar-refractivity contribution in [3.05, 3.63) is 63.4 Å². The van der Waals surface area contributed by atoms with Crippen molar-refractivity contribution in [1.82, 2.24) is 0 Å². The third kappa shape index (κ3) is 3.03. The first kappa shape index (κ1) is 15.1. The van der Waals surface area contributed by atoms with E-state index >= 15 is 0 Å². The van der Waals surface area contributed by atoms with Gasteiger partial charge in [0.25, 0.3) is 0 Å². The molecule has 4 heteroatoms. The van der Waals surface area contributed by atoms with Crippen molar-refractivity contribution < 1.29 is 4.74 Å². The van der Waals surface area contributed by atoms with Crippen LogP contribution in [0.4, 0.5) is 0 Å². The van der Waals surface area contributed by atoms with Crippen LogP contribution in [0, 0.1) is 0 Å². The van der Waals surface area contributed by atoms with Gasteiger partial charge in [-0.1, -0.05) is 40.2 Å². The molecular formula is C17H14Br2OS. The summed E-state index contributed by atoms with van der Waals surface area (Å²) < 4.78 is 7.88. The van der Waals surface area contributed by atoms with E-state index in [1.165, 1.54) is 21.2 Å². The fraction of sp³-hybridized carbons (Fsp3) is 0.176. The summed E-state index contributed by atoms with van der Waals surface area (Å²) in [6, 6.07) is 14.8. The van der Waals surface area contributed by atoms with Crippen LogP contribution in [0.1, 0.15) is 22.9 Å². The Morgan fingerprint density at radius 1 is 1.19 bits per heavy atom. The molecule has 1 unspecified atom stereocenters. The molecule has 0 aliphatic rings. The number of thiophene rings is 1. The zero-order chi connectivity index (χ0) is 14.8. The van der Waals surface area contributed by atoms with Gasteiger partial charge >= 0.3 is 0 Å². The average Bonchev–Trinajstić information content (AvgIpc) is 2.93. The summed E-state index contributed by atoms with van der Waals surface area (Å²) >= 11 is 9.21. The van der Waals surface area contributed by atoms with Gasteiger partial charge in [0.15, 0.2) is 0 Å². The molecule has 108 valence electrons. The lowest BCUT2D eigenvalue weighted by molar-refractivity contribution is 0.338. The Morgan fingerprint density at radius 3 is 2.76 bits per heavy atom. The number of ether oxygens (including phenoxy) is 1. The maximum Gasteiger partial charge on any atom is 0.133 e. The van der Waals surface area contributed by atoms with E-state index in [4.69, 9.17) is 4.74 Å². The van der Waals surface area contributed by atoms with E-state index in [1.807, 2.05) is 13.0 Å². The molecule has 0 aliphatic carbocycles. The molecule has 1 nitrogen and oxygen atoms in total. The van der Waals surface area contributed by atoms with Crippen LogP contribution in [0.2, 0.25) is 0 Å². The highest BCUT2D eigenvalue weighted by Crippen LogP contribution is 2.40. The zero-order valence-corrected chi connectivity index (χ0v) is 15.5. The molecule has 0 aliphatic heterocycles. The Kier molecular flexibility index (Phi) is 4.67. The highest BCUT2D eigenvalue weighted by molar-refractivity contribution is 9.10. The minimum absolute atomic E-state index is 0.181. The van der Waals surface area contributed by atoms with Crippen LogP contribution in [-0.2, 0) is 0 Å². The largest absolute Gasteiger partial charge is 0.493 e. The minimum Gasteiger partial charge on any atom is -0.493 e. The Balaban J connectivity index is 1.98. The number of hydrogen-bond acceptors (Lipinski definition) is 2. The van der Waals surface area contributed by atoms with Gasteiger partial charge in [-0.3, -0.25) is 0 Å². The number of rotatable bonds is 4. The van der Waals surface area contributed by atoms with E-state index in [-0.39, 0.29) is 4.83 Å². The molecule has 1 aromatic heterocycles. The lowest BCUT2D eigenvalue weighted by atomic mass is 10.0. The summed E-state index contributed by atoms with van der Waals surface area (Å²) in [6.07, 6.45) is 0. The number of alkyl halides is 1. The Labute approximate surface area is 145 Å². The standard InChI is InChI=1S/C17H14Br2OS/c1-2-20-15-8-7-11(9-14(15)18)17(19)13-10-21-16-6-4-3-5-12(13)16/h3-10,17H,2H2,1H3. The fourth-order valence-electron chi connectivity index (χ4n) is 2.32. The lowest BCUT2D eigenvalue weighted by Crippen LogP contribution is -1.95. The van der Waals surface area contributed by atoms with Crippen LogP contribution in [-0.4, -0.2) is 6.61 Å². The van der Waals surface area contributed by atoms with Gasteiger partial charge in [0.2, 0.25) is 0 Å². The van der Waals surface area contributed by atoms with Crippen LogP contribution < -0.4 is 4.74 Å². The van der Waals surface area contributed by atoms with Crippen molar-refractivity contribution in [2.75, 3.05) is 6.61 Å². The number of halogens is 2. The maximum absolute atomic E-state index is 5.57. The second-order valence-corrected chi connectivity index (χ2v) is 7.35. The van der Waals surface area contributed by atoms with Gasteiger partial charge in [0.05, 0.1) is 15.9 Å². The Hall–Kier alpha value is -0.840. The zero-order valence-electron chi connectivity index (χ0n) is 11.5. The first-order valence-electron chi connectivity index (χ1n) is 6.73. The highest BCUT2D eigenvalue weighted by Gasteiger charge is 2.16. The Morgan fingerprint density at radius 2 is 2.00 bits per heavy atom. The van der Waals surface area contributed by atoms with Crippen LogP contribution >= 0.6 is 43.2 Å². The van der Waals surface area contributed by atoms with Gasteiger partial charge in [-0.25, -0.2) is 0 Å². The third-order valence-corrected chi connectivity index (χ3v) is 5.96. The summed E-state index contributed by atoms with van der Waals surface area (Å²) in [5.41, 5.74) is 2.53. The maximum atomic E-state index is 5.57. The van der Waals surface area contributed by atoms with Crippen molar-refractivity contribution in [3.63, 3.8) is 0 Å². The molecule has 0 saturated heterocycles. The molecule has 1 atom stereocenters. The first-order valence-corrected chi connectivity index (χ1v) is 9.32. The van der Waals surface area contributed by atoms with Crippen LogP contribution in [0.15, 0.2) is 52.3 Å². The molecule has 0 fully saturated rings. The third-order valence-electron chi connectivity index (χ3n) is 3.33. The second kappa shape index (κ2) is 6.51. The Bertz CT molecular complexity index is 766. The van der Waals surface area contributed by atoms with Gasteiger partial charge < -0.3 is 4.74 Å². The quantitative estimate of drug-likeness (QED) is 0.430. The number of hydrogen-bond donors (Lipinski definition) is 0. The van der Waals surface area contributed by atoms with Crippen LogP contribution in [0.3, 0.4) is 0 Å². The van der Waals surface area contributed by atoms with Crippen molar-refractivity contribution in [2.45, 2.75) is 11.8 Å². The highest BCUT2D eigenvalue weighted by atomic mass is 79.9. The smallest absolute Gasteiger partial charge is 0.133 e. The second-order valence-electron chi connectivity index (χ2n) is 4.67. The molecule has 21 heavy (non-hydrogen) atoms. The summed E-state index contributed by atoms with van der Waals surface area (Å²) in [5.74, 6) is 0.885. The summed E-state index contributed by atoms with van der Waals surface area (Å²) in [7, 11) is 0. The van der Waals surface area contributed by atoms with Crippen LogP contribution in [0.25, 0.3) is 10.1 Å². The molecule has 0 radical (unpaired) electrons.